The monoisotopic (exact) mass is 423 g/mol. The summed E-state index contributed by atoms with van der Waals surface area (Å²) in [5, 5.41) is 4.52. The van der Waals surface area contributed by atoms with Crippen molar-refractivity contribution in [2.24, 2.45) is 0 Å². The first-order valence-electron chi connectivity index (χ1n) is 9.55. The van der Waals surface area contributed by atoms with E-state index in [1.165, 1.54) is 0 Å². The van der Waals surface area contributed by atoms with Gasteiger partial charge in [-0.2, -0.15) is 0 Å². The molecule has 0 fully saturated rings. The number of carbonyl (C=O) groups excluding carboxylic acids is 1. The predicted octanol–water partition coefficient (Wildman–Crippen LogP) is 6.54. The molecule has 2 nitrogen and oxygen atoms in total. The van der Waals surface area contributed by atoms with Gasteiger partial charge in [0.05, 0.1) is 0 Å². The molecule has 0 aromatic heterocycles. The fourth-order valence-corrected chi connectivity index (χ4v) is 3.53. The summed E-state index contributed by atoms with van der Waals surface area (Å²) < 4.78 is 0. The molecule has 1 N–H and O–H groups in total. The summed E-state index contributed by atoms with van der Waals surface area (Å²) >= 11 is 12.1. The van der Waals surface area contributed by atoms with Crippen LogP contribution in [0.25, 0.3) is 6.08 Å². The van der Waals surface area contributed by atoms with Crippen molar-refractivity contribution in [1.82, 2.24) is 5.32 Å². The highest BCUT2D eigenvalue weighted by Crippen LogP contribution is 2.26. The van der Waals surface area contributed by atoms with Gasteiger partial charge in [0.2, 0.25) is 5.91 Å². The standard InChI is InChI=1S/C25H23Cl2NO/c1-18(28-25(29)16-9-19-5-3-2-4-6-19)24(21-10-14-23(27)15-11-21)17-20-7-12-22(26)13-8-20/h2-16,18,24H,17H2,1H3,(H,28,29)/t18-,24+/m1/s1. The number of rotatable bonds is 7. The van der Waals surface area contributed by atoms with Crippen molar-refractivity contribution in [2.75, 3.05) is 0 Å². The predicted molar refractivity (Wildman–Crippen MR) is 122 cm³/mol. The molecule has 1 amide bonds. The summed E-state index contributed by atoms with van der Waals surface area (Å²) in [5.41, 5.74) is 3.28. The van der Waals surface area contributed by atoms with Crippen LogP contribution in [0, 0.1) is 0 Å². The second-order valence-corrected chi connectivity index (χ2v) is 7.90. The Morgan fingerprint density at radius 1 is 0.897 bits per heavy atom. The van der Waals surface area contributed by atoms with E-state index in [1.807, 2.05) is 91.9 Å². The van der Waals surface area contributed by atoms with Gasteiger partial charge < -0.3 is 5.32 Å². The molecule has 0 unspecified atom stereocenters. The molecule has 0 aliphatic heterocycles. The van der Waals surface area contributed by atoms with E-state index in [0.717, 1.165) is 23.1 Å². The first kappa shape index (κ1) is 21.2. The summed E-state index contributed by atoms with van der Waals surface area (Å²) in [7, 11) is 0. The number of carbonyl (C=O) groups is 1. The minimum absolute atomic E-state index is 0.0697. The Hall–Kier alpha value is -2.55. The van der Waals surface area contributed by atoms with Crippen molar-refractivity contribution < 1.29 is 4.79 Å². The third kappa shape index (κ3) is 6.49. The van der Waals surface area contributed by atoms with E-state index in [9.17, 15) is 4.79 Å². The molecule has 3 aromatic rings. The Kier molecular flexibility index (Phi) is 7.51. The number of hydrogen-bond donors (Lipinski definition) is 1. The topological polar surface area (TPSA) is 29.1 Å². The van der Waals surface area contributed by atoms with E-state index in [1.54, 1.807) is 6.08 Å². The van der Waals surface area contributed by atoms with E-state index in [4.69, 9.17) is 23.2 Å². The highest BCUT2D eigenvalue weighted by Gasteiger charge is 2.21. The summed E-state index contributed by atoms with van der Waals surface area (Å²) in [6, 6.07) is 25.3. The van der Waals surface area contributed by atoms with E-state index in [-0.39, 0.29) is 17.9 Å². The zero-order valence-electron chi connectivity index (χ0n) is 16.2. The van der Waals surface area contributed by atoms with Crippen molar-refractivity contribution in [2.45, 2.75) is 25.3 Å². The molecular formula is C25H23Cl2NO. The zero-order valence-corrected chi connectivity index (χ0v) is 17.7. The quantitative estimate of drug-likeness (QED) is 0.429. The molecule has 3 aromatic carbocycles. The van der Waals surface area contributed by atoms with Crippen molar-refractivity contribution in [3.05, 3.63) is 112 Å². The first-order valence-corrected chi connectivity index (χ1v) is 10.3. The van der Waals surface area contributed by atoms with Crippen LogP contribution >= 0.6 is 23.2 Å². The van der Waals surface area contributed by atoms with Gasteiger partial charge in [0, 0.05) is 28.1 Å². The summed E-state index contributed by atoms with van der Waals surface area (Å²) in [5.74, 6) is -0.0149. The maximum atomic E-state index is 12.5. The molecule has 0 heterocycles. The number of amides is 1. The molecule has 4 heteroatoms. The molecule has 0 bridgehead atoms. The van der Waals surface area contributed by atoms with Crippen LogP contribution in [-0.2, 0) is 11.2 Å². The Morgan fingerprint density at radius 3 is 2.10 bits per heavy atom. The van der Waals surface area contributed by atoms with Crippen LogP contribution in [0.4, 0.5) is 0 Å². The van der Waals surface area contributed by atoms with Gasteiger partial charge in [0.15, 0.2) is 0 Å². The largest absolute Gasteiger partial charge is 0.349 e. The van der Waals surface area contributed by atoms with Gasteiger partial charge in [-0.1, -0.05) is 77.8 Å². The normalized spacial score (nSPS) is 13.2. The number of halogens is 2. The van der Waals surface area contributed by atoms with Crippen LogP contribution < -0.4 is 5.32 Å². The lowest BCUT2D eigenvalue weighted by atomic mass is 9.86. The molecule has 2 atom stereocenters. The first-order chi connectivity index (χ1) is 14.0. The van der Waals surface area contributed by atoms with Gasteiger partial charge in [-0.05, 0) is 60.4 Å². The highest BCUT2D eigenvalue weighted by molar-refractivity contribution is 6.30. The van der Waals surface area contributed by atoms with Crippen molar-refractivity contribution >= 4 is 35.2 Å². The summed E-state index contributed by atoms with van der Waals surface area (Å²) in [6.07, 6.45) is 4.17. The van der Waals surface area contributed by atoms with E-state index in [0.29, 0.717) is 10.0 Å². The Labute approximate surface area is 182 Å². The maximum absolute atomic E-state index is 12.5. The molecule has 0 aliphatic rings. The second kappa shape index (κ2) is 10.3. The van der Waals surface area contributed by atoms with Crippen LogP contribution in [0.1, 0.15) is 29.5 Å². The van der Waals surface area contributed by atoms with Crippen molar-refractivity contribution in [3.8, 4) is 0 Å². The molecule has 0 saturated carbocycles. The van der Waals surface area contributed by atoms with Gasteiger partial charge in [-0.15, -0.1) is 0 Å². The SMILES string of the molecule is C[C@@H](NC(=O)C=Cc1ccccc1)[C@H](Cc1ccc(Cl)cc1)c1ccc(Cl)cc1. The lowest BCUT2D eigenvalue weighted by Crippen LogP contribution is -2.37. The van der Waals surface area contributed by atoms with Crippen LogP contribution in [-0.4, -0.2) is 11.9 Å². The van der Waals surface area contributed by atoms with Gasteiger partial charge in [-0.3, -0.25) is 4.79 Å². The van der Waals surface area contributed by atoms with Crippen molar-refractivity contribution in [1.29, 1.82) is 0 Å². The van der Waals surface area contributed by atoms with Crippen LogP contribution in [0.3, 0.4) is 0 Å². The summed E-state index contributed by atoms with van der Waals surface area (Å²) in [4.78, 5) is 12.5. The van der Waals surface area contributed by atoms with Gasteiger partial charge >= 0.3 is 0 Å². The number of nitrogens with one attached hydrogen (secondary N) is 1. The lowest BCUT2D eigenvalue weighted by molar-refractivity contribution is -0.117. The second-order valence-electron chi connectivity index (χ2n) is 7.03. The van der Waals surface area contributed by atoms with Gasteiger partial charge in [-0.25, -0.2) is 0 Å². The fraction of sp³-hybridized carbons (Fsp3) is 0.160. The van der Waals surface area contributed by atoms with Gasteiger partial charge in [0.1, 0.15) is 0 Å². The Bertz CT molecular complexity index is 950. The molecule has 29 heavy (non-hydrogen) atoms. The highest BCUT2D eigenvalue weighted by atomic mass is 35.5. The maximum Gasteiger partial charge on any atom is 0.244 e. The molecule has 0 radical (unpaired) electrons. The zero-order chi connectivity index (χ0) is 20.6. The fourth-order valence-electron chi connectivity index (χ4n) is 3.28. The molecule has 0 spiro atoms. The van der Waals surface area contributed by atoms with E-state index < -0.39 is 0 Å². The molecule has 3 rings (SSSR count). The minimum Gasteiger partial charge on any atom is -0.349 e. The molecular weight excluding hydrogens is 401 g/mol. The average molecular weight is 424 g/mol. The third-order valence-corrected chi connectivity index (χ3v) is 5.37. The minimum atomic E-state index is -0.114. The average Bonchev–Trinajstić information content (AvgIpc) is 2.73. The van der Waals surface area contributed by atoms with Crippen LogP contribution in [0.2, 0.25) is 10.0 Å². The smallest absolute Gasteiger partial charge is 0.244 e. The van der Waals surface area contributed by atoms with Crippen LogP contribution in [0.5, 0.6) is 0 Å². The molecule has 148 valence electrons. The third-order valence-electron chi connectivity index (χ3n) is 4.87. The van der Waals surface area contributed by atoms with E-state index >= 15 is 0 Å². The molecule has 0 saturated heterocycles. The number of hydrogen-bond acceptors (Lipinski definition) is 1. The van der Waals surface area contributed by atoms with E-state index in [2.05, 4.69) is 5.32 Å². The lowest BCUT2D eigenvalue weighted by Gasteiger charge is -2.25. The number of benzene rings is 3. The van der Waals surface area contributed by atoms with Crippen LogP contribution in [0.15, 0.2) is 84.9 Å². The van der Waals surface area contributed by atoms with Gasteiger partial charge in [0.25, 0.3) is 0 Å². The Balaban J connectivity index is 1.75. The molecule has 0 aliphatic carbocycles. The Morgan fingerprint density at radius 2 is 1.48 bits per heavy atom. The summed E-state index contributed by atoms with van der Waals surface area (Å²) in [6.45, 7) is 2.03. The van der Waals surface area contributed by atoms with Crippen molar-refractivity contribution in [3.63, 3.8) is 0 Å².